The Morgan fingerprint density at radius 1 is 1.03 bits per heavy atom. The van der Waals surface area contributed by atoms with Crippen LogP contribution in [0.5, 0.6) is 0 Å². The molecule has 168 valence electrons. The molecule has 0 aliphatic carbocycles. The third-order valence-corrected chi connectivity index (χ3v) is 6.77. The highest BCUT2D eigenvalue weighted by Crippen LogP contribution is 2.26. The summed E-state index contributed by atoms with van der Waals surface area (Å²) in [7, 11) is 1.60. The van der Waals surface area contributed by atoms with Crippen LogP contribution in [-0.4, -0.2) is 30.1 Å². The van der Waals surface area contributed by atoms with Gasteiger partial charge in [-0.3, -0.25) is 19.1 Å². The van der Waals surface area contributed by atoms with E-state index >= 15 is 0 Å². The van der Waals surface area contributed by atoms with Crippen molar-refractivity contribution in [3.8, 4) is 0 Å². The van der Waals surface area contributed by atoms with Crippen molar-refractivity contribution in [2.24, 2.45) is 7.05 Å². The van der Waals surface area contributed by atoms with Gasteiger partial charge in [0.2, 0.25) is 0 Å². The van der Waals surface area contributed by atoms with E-state index in [0.717, 1.165) is 12.8 Å². The SMILES string of the molecule is CCCCCCCCCCCCn1c(SC(C)C(C)=O)nc2c1c(=O)[nH]c(=O)n2C. The summed E-state index contributed by atoms with van der Waals surface area (Å²) in [4.78, 5) is 43.1. The molecular weight excluding hydrogens is 400 g/mol. The molecule has 7 nitrogen and oxygen atoms in total. The van der Waals surface area contributed by atoms with Crippen LogP contribution in [0, 0.1) is 0 Å². The molecule has 0 saturated carbocycles. The fourth-order valence-corrected chi connectivity index (χ4v) is 4.44. The third kappa shape index (κ3) is 6.59. The van der Waals surface area contributed by atoms with E-state index in [1.807, 2.05) is 11.5 Å². The van der Waals surface area contributed by atoms with Crippen LogP contribution < -0.4 is 11.2 Å². The number of hydrogen-bond donors (Lipinski definition) is 1. The summed E-state index contributed by atoms with van der Waals surface area (Å²) < 4.78 is 3.23. The number of hydrogen-bond acceptors (Lipinski definition) is 5. The van der Waals surface area contributed by atoms with Crippen LogP contribution in [-0.2, 0) is 18.4 Å². The van der Waals surface area contributed by atoms with Crippen molar-refractivity contribution in [3.63, 3.8) is 0 Å². The Morgan fingerprint density at radius 2 is 1.60 bits per heavy atom. The molecule has 0 aliphatic rings. The van der Waals surface area contributed by atoms with E-state index in [0.29, 0.717) is 22.9 Å². The van der Waals surface area contributed by atoms with Crippen molar-refractivity contribution in [3.05, 3.63) is 20.8 Å². The molecular formula is C22H36N4O3S. The maximum Gasteiger partial charge on any atom is 0.329 e. The summed E-state index contributed by atoms with van der Waals surface area (Å²) in [5, 5.41) is 0.361. The van der Waals surface area contributed by atoms with Gasteiger partial charge in [0.15, 0.2) is 16.3 Å². The van der Waals surface area contributed by atoms with E-state index in [1.54, 1.807) is 14.0 Å². The number of Topliss-reactive ketones (excluding diaryl/α,β-unsaturated/α-hetero) is 1. The van der Waals surface area contributed by atoms with Gasteiger partial charge in [0.05, 0.1) is 5.25 Å². The molecule has 0 spiro atoms. The minimum Gasteiger partial charge on any atom is -0.313 e. The Kier molecular flexibility index (Phi) is 9.88. The number of thioether (sulfide) groups is 1. The number of aryl methyl sites for hydroxylation is 2. The van der Waals surface area contributed by atoms with Crippen molar-refractivity contribution in [2.75, 3.05) is 0 Å². The molecule has 2 aromatic heterocycles. The lowest BCUT2D eigenvalue weighted by atomic mass is 10.1. The number of aromatic nitrogens is 4. The van der Waals surface area contributed by atoms with E-state index in [4.69, 9.17) is 0 Å². The molecule has 0 bridgehead atoms. The van der Waals surface area contributed by atoms with Crippen LogP contribution in [0.4, 0.5) is 0 Å². The average Bonchev–Trinajstić information content (AvgIpc) is 3.06. The quantitative estimate of drug-likeness (QED) is 0.350. The van der Waals surface area contributed by atoms with Crippen molar-refractivity contribution >= 4 is 28.7 Å². The number of fused-ring (bicyclic) bond motifs is 1. The van der Waals surface area contributed by atoms with Gasteiger partial charge in [0, 0.05) is 13.6 Å². The first kappa shape index (κ1) is 24.4. The first-order chi connectivity index (χ1) is 14.4. The van der Waals surface area contributed by atoms with Crippen molar-refractivity contribution in [1.82, 2.24) is 19.1 Å². The second-order valence-electron chi connectivity index (χ2n) is 8.09. The van der Waals surface area contributed by atoms with Crippen molar-refractivity contribution in [2.45, 2.75) is 102 Å². The average molecular weight is 437 g/mol. The van der Waals surface area contributed by atoms with E-state index < -0.39 is 11.2 Å². The van der Waals surface area contributed by atoms with Crippen molar-refractivity contribution < 1.29 is 4.79 Å². The Morgan fingerprint density at radius 3 is 2.17 bits per heavy atom. The summed E-state index contributed by atoms with van der Waals surface area (Å²) >= 11 is 1.34. The third-order valence-electron chi connectivity index (χ3n) is 5.56. The number of H-pyrrole nitrogens is 1. The van der Waals surface area contributed by atoms with Crippen LogP contribution >= 0.6 is 11.8 Å². The van der Waals surface area contributed by atoms with Crippen LogP contribution in [0.25, 0.3) is 11.2 Å². The highest BCUT2D eigenvalue weighted by atomic mass is 32.2. The van der Waals surface area contributed by atoms with Gasteiger partial charge in [-0.1, -0.05) is 76.5 Å². The van der Waals surface area contributed by atoms with E-state index in [2.05, 4.69) is 16.9 Å². The second kappa shape index (κ2) is 12.1. The Labute approximate surface area is 182 Å². The minimum atomic E-state index is -0.479. The fraction of sp³-hybridized carbons (Fsp3) is 0.727. The van der Waals surface area contributed by atoms with Gasteiger partial charge in [0.1, 0.15) is 5.78 Å². The lowest BCUT2D eigenvalue weighted by molar-refractivity contribution is -0.116. The van der Waals surface area contributed by atoms with Gasteiger partial charge in [0.25, 0.3) is 5.56 Å². The van der Waals surface area contributed by atoms with E-state index in [-0.39, 0.29) is 11.0 Å². The second-order valence-corrected chi connectivity index (χ2v) is 9.40. The van der Waals surface area contributed by atoms with Gasteiger partial charge in [-0.25, -0.2) is 9.78 Å². The lowest BCUT2D eigenvalue weighted by Gasteiger charge is -2.11. The fourth-order valence-electron chi connectivity index (χ4n) is 3.51. The molecule has 2 heterocycles. The van der Waals surface area contributed by atoms with Gasteiger partial charge < -0.3 is 4.57 Å². The highest BCUT2D eigenvalue weighted by molar-refractivity contribution is 8.00. The zero-order chi connectivity index (χ0) is 22.1. The zero-order valence-electron chi connectivity index (χ0n) is 18.8. The van der Waals surface area contributed by atoms with Gasteiger partial charge in [-0.2, -0.15) is 0 Å². The Hall–Kier alpha value is -1.83. The largest absolute Gasteiger partial charge is 0.329 e. The molecule has 1 atom stereocenters. The number of nitrogens with zero attached hydrogens (tertiary/aromatic N) is 3. The zero-order valence-corrected chi connectivity index (χ0v) is 19.6. The molecule has 1 unspecified atom stereocenters. The maximum atomic E-state index is 12.5. The number of rotatable bonds is 14. The van der Waals surface area contributed by atoms with Crippen LogP contribution in [0.1, 0.15) is 85.0 Å². The number of carbonyl (C=O) groups is 1. The minimum absolute atomic E-state index is 0.0559. The van der Waals surface area contributed by atoms with Crippen molar-refractivity contribution in [1.29, 1.82) is 0 Å². The molecule has 0 aromatic carbocycles. The Bertz CT molecular complexity index is 944. The molecule has 0 saturated heterocycles. The first-order valence-electron chi connectivity index (χ1n) is 11.2. The molecule has 2 rings (SSSR count). The van der Waals surface area contributed by atoms with Crippen LogP contribution in [0.2, 0.25) is 0 Å². The molecule has 1 N–H and O–H groups in total. The topological polar surface area (TPSA) is 89.8 Å². The summed E-state index contributed by atoms with van der Waals surface area (Å²) in [5.41, 5.74) is -0.123. The Balaban J connectivity index is 2.02. The van der Waals surface area contributed by atoms with Gasteiger partial charge in [-0.05, 0) is 20.3 Å². The van der Waals surface area contributed by atoms with E-state index in [9.17, 15) is 14.4 Å². The van der Waals surface area contributed by atoms with Gasteiger partial charge in [-0.15, -0.1) is 0 Å². The maximum absolute atomic E-state index is 12.5. The summed E-state index contributed by atoms with van der Waals surface area (Å²) in [6.45, 7) is 6.28. The summed E-state index contributed by atoms with van der Waals surface area (Å²) in [5.74, 6) is 0.0559. The normalized spacial score (nSPS) is 12.5. The van der Waals surface area contributed by atoms with E-state index in [1.165, 1.54) is 67.7 Å². The number of aromatic amines is 1. The van der Waals surface area contributed by atoms with Crippen LogP contribution in [0.3, 0.4) is 0 Å². The predicted molar refractivity (Wildman–Crippen MR) is 123 cm³/mol. The number of ketones is 1. The summed E-state index contributed by atoms with van der Waals surface area (Å²) in [6.07, 6.45) is 12.4. The molecule has 30 heavy (non-hydrogen) atoms. The van der Waals surface area contributed by atoms with Crippen LogP contribution in [0.15, 0.2) is 14.7 Å². The molecule has 0 radical (unpaired) electrons. The smallest absolute Gasteiger partial charge is 0.313 e. The molecule has 0 fully saturated rings. The standard InChI is InChI=1S/C22H36N4O3S/c1-5-6-7-8-9-10-11-12-13-14-15-26-18-19(25(4)21(29)24-20(18)28)23-22(26)30-17(3)16(2)27/h17H,5-15H2,1-4H3,(H,24,28,29). The summed E-state index contributed by atoms with van der Waals surface area (Å²) in [6, 6.07) is 0. The number of unbranched alkanes of at least 4 members (excludes halogenated alkanes) is 9. The number of imidazole rings is 1. The first-order valence-corrected chi connectivity index (χ1v) is 12.1. The predicted octanol–water partition coefficient (Wildman–Crippen LogP) is 4.41. The molecule has 0 aliphatic heterocycles. The number of nitrogens with one attached hydrogen (secondary N) is 1. The molecule has 0 amide bonds. The monoisotopic (exact) mass is 436 g/mol. The highest BCUT2D eigenvalue weighted by Gasteiger charge is 2.20. The van der Waals surface area contributed by atoms with Gasteiger partial charge >= 0.3 is 5.69 Å². The lowest BCUT2D eigenvalue weighted by Crippen LogP contribution is -2.29. The molecule has 8 heteroatoms. The molecule has 2 aromatic rings. The number of carbonyl (C=O) groups excluding carboxylic acids is 1.